The third kappa shape index (κ3) is 5.78. The number of carbonyl (C=O) groups is 2. The number of imidazole rings is 1. The largest absolute Gasteiger partial charge is 0.417 e. The molecule has 0 saturated carbocycles. The molecule has 3 heterocycles. The van der Waals surface area contributed by atoms with Crippen LogP contribution in [0.1, 0.15) is 49.9 Å². The molecule has 2 amide bonds. The SMILES string of the molecule is Cc1c(Cl)cccc1NC(=O)c1cc(NC(=O)c2ccccc2C(F)(F)F)cc2[nH]c(NCCC3C=Cn4cccc43)nc12. The molecule has 0 spiro atoms. The summed E-state index contributed by atoms with van der Waals surface area (Å²) < 4.78 is 42.8. The van der Waals surface area contributed by atoms with Crippen LogP contribution in [-0.2, 0) is 6.18 Å². The maximum Gasteiger partial charge on any atom is 0.417 e. The van der Waals surface area contributed by atoms with Crippen LogP contribution in [0.5, 0.6) is 0 Å². The molecule has 0 saturated heterocycles. The zero-order chi connectivity index (χ0) is 31.0. The molecule has 5 aromatic rings. The highest BCUT2D eigenvalue weighted by atomic mass is 35.5. The fourth-order valence-electron chi connectivity index (χ4n) is 5.25. The highest BCUT2D eigenvalue weighted by molar-refractivity contribution is 6.31. The normalized spacial score (nSPS) is 14.1. The molecule has 2 aromatic heterocycles. The summed E-state index contributed by atoms with van der Waals surface area (Å²) in [5, 5.41) is 9.07. The second-order valence-corrected chi connectivity index (χ2v) is 10.8. The predicted molar refractivity (Wildman–Crippen MR) is 165 cm³/mol. The van der Waals surface area contributed by atoms with E-state index in [9.17, 15) is 22.8 Å². The molecule has 1 atom stereocenters. The third-order valence-electron chi connectivity index (χ3n) is 7.50. The summed E-state index contributed by atoms with van der Waals surface area (Å²) in [4.78, 5) is 34.3. The van der Waals surface area contributed by atoms with Gasteiger partial charge < -0.3 is 25.5 Å². The summed E-state index contributed by atoms with van der Waals surface area (Å²) in [6, 6.07) is 16.6. The fraction of sp³-hybridized carbons (Fsp3) is 0.156. The molecule has 12 heteroatoms. The van der Waals surface area contributed by atoms with Gasteiger partial charge in [0, 0.05) is 47.0 Å². The number of hydrogen-bond acceptors (Lipinski definition) is 4. The van der Waals surface area contributed by atoms with Gasteiger partial charge in [-0.3, -0.25) is 9.59 Å². The van der Waals surface area contributed by atoms with Gasteiger partial charge in [0.05, 0.1) is 22.2 Å². The molecule has 44 heavy (non-hydrogen) atoms. The Morgan fingerprint density at radius 2 is 1.80 bits per heavy atom. The zero-order valence-electron chi connectivity index (χ0n) is 23.3. The van der Waals surface area contributed by atoms with Crippen molar-refractivity contribution in [2.75, 3.05) is 22.5 Å². The molecule has 1 aliphatic heterocycles. The Kier molecular flexibility index (Phi) is 7.64. The van der Waals surface area contributed by atoms with E-state index in [4.69, 9.17) is 11.6 Å². The number of fused-ring (bicyclic) bond motifs is 2. The second kappa shape index (κ2) is 11.6. The van der Waals surface area contributed by atoms with E-state index in [1.54, 1.807) is 25.1 Å². The lowest BCUT2D eigenvalue weighted by Gasteiger charge is -2.14. The van der Waals surface area contributed by atoms with Crippen molar-refractivity contribution in [1.29, 1.82) is 0 Å². The first-order valence-electron chi connectivity index (χ1n) is 13.7. The number of alkyl halides is 3. The summed E-state index contributed by atoms with van der Waals surface area (Å²) in [6.07, 6.45) is 2.21. The molecule has 6 rings (SSSR count). The van der Waals surface area contributed by atoms with Crippen molar-refractivity contribution in [2.24, 2.45) is 0 Å². The minimum atomic E-state index is -4.72. The van der Waals surface area contributed by atoms with E-state index in [1.165, 1.54) is 30.0 Å². The molecule has 224 valence electrons. The van der Waals surface area contributed by atoms with Crippen LogP contribution in [0.25, 0.3) is 17.2 Å². The minimum Gasteiger partial charge on any atom is -0.356 e. The Balaban J connectivity index is 1.30. The molecule has 4 N–H and O–H groups in total. The molecule has 0 radical (unpaired) electrons. The van der Waals surface area contributed by atoms with Crippen LogP contribution in [0, 0.1) is 6.92 Å². The molecule has 8 nitrogen and oxygen atoms in total. The zero-order valence-corrected chi connectivity index (χ0v) is 24.1. The van der Waals surface area contributed by atoms with Gasteiger partial charge in [0.2, 0.25) is 5.95 Å². The van der Waals surface area contributed by atoms with Gasteiger partial charge in [-0.15, -0.1) is 0 Å². The topological polar surface area (TPSA) is 104 Å². The minimum absolute atomic E-state index is 0.0992. The maximum absolute atomic E-state index is 13.6. The lowest BCUT2D eigenvalue weighted by atomic mass is 10.0. The average molecular weight is 619 g/mol. The quantitative estimate of drug-likeness (QED) is 0.142. The van der Waals surface area contributed by atoms with Gasteiger partial charge in [-0.1, -0.05) is 35.9 Å². The fourth-order valence-corrected chi connectivity index (χ4v) is 5.42. The van der Waals surface area contributed by atoms with E-state index in [2.05, 4.69) is 42.6 Å². The smallest absolute Gasteiger partial charge is 0.356 e. The molecule has 3 aromatic carbocycles. The van der Waals surface area contributed by atoms with Gasteiger partial charge in [-0.05, 0) is 67.4 Å². The van der Waals surface area contributed by atoms with Crippen molar-refractivity contribution >= 4 is 58.0 Å². The summed E-state index contributed by atoms with van der Waals surface area (Å²) in [5.74, 6) is -0.870. The van der Waals surface area contributed by atoms with Crippen molar-refractivity contribution in [3.63, 3.8) is 0 Å². The molecule has 1 unspecified atom stereocenters. The standard InChI is InChI=1S/C32H26ClF3N6O2/c1-18-24(33)8-4-9-25(18)39-30(44)22-16-20(38-29(43)21-6-2-3-7-23(21)32(34,35)36)17-26-28(22)41-31(40-26)37-13-11-19-12-15-42-14-5-10-27(19)42/h2-10,12,14-17,19H,11,13H2,1H3,(H,38,43)(H,39,44)(H2,37,40,41). The van der Waals surface area contributed by atoms with Crippen LogP contribution in [0.4, 0.5) is 30.5 Å². The van der Waals surface area contributed by atoms with Crippen LogP contribution in [0.3, 0.4) is 0 Å². The van der Waals surface area contributed by atoms with Crippen LogP contribution >= 0.6 is 11.6 Å². The monoisotopic (exact) mass is 618 g/mol. The van der Waals surface area contributed by atoms with E-state index < -0.39 is 29.1 Å². The van der Waals surface area contributed by atoms with E-state index >= 15 is 0 Å². The Labute approximate surface area is 254 Å². The first-order chi connectivity index (χ1) is 21.1. The number of allylic oxidation sites excluding steroid dienone is 1. The molecule has 0 bridgehead atoms. The Bertz CT molecular complexity index is 1930. The van der Waals surface area contributed by atoms with E-state index in [0.29, 0.717) is 39.8 Å². The van der Waals surface area contributed by atoms with E-state index in [1.807, 2.05) is 18.5 Å². The number of H-pyrrole nitrogens is 1. The first kappa shape index (κ1) is 29.1. The average Bonchev–Trinajstić information content (AvgIpc) is 3.71. The number of hydrogen-bond donors (Lipinski definition) is 4. The lowest BCUT2D eigenvalue weighted by molar-refractivity contribution is -0.137. The summed E-state index contributed by atoms with van der Waals surface area (Å²) in [7, 11) is 0. The van der Waals surface area contributed by atoms with Gasteiger partial charge in [-0.25, -0.2) is 4.98 Å². The number of nitrogens with one attached hydrogen (secondary N) is 4. The van der Waals surface area contributed by atoms with Crippen LogP contribution < -0.4 is 16.0 Å². The summed E-state index contributed by atoms with van der Waals surface area (Å²) in [5.41, 5.74) is 1.65. The lowest BCUT2D eigenvalue weighted by Crippen LogP contribution is -2.19. The number of carbonyl (C=O) groups excluding carboxylic acids is 2. The molecular formula is C32H26ClF3N6O2. The number of benzene rings is 3. The number of nitrogens with zero attached hydrogens (tertiary/aromatic N) is 2. The molecular weight excluding hydrogens is 593 g/mol. The number of rotatable bonds is 8. The van der Waals surface area contributed by atoms with Crippen molar-refractivity contribution in [3.05, 3.63) is 112 Å². The Morgan fingerprint density at radius 3 is 2.61 bits per heavy atom. The number of aromatic nitrogens is 3. The van der Waals surface area contributed by atoms with Gasteiger partial charge in [0.15, 0.2) is 0 Å². The molecule has 0 aliphatic carbocycles. The Morgan fingerprint density at radius 1 is 1.00 bits per heavy atom. The molecule has 1 aliphatic rings. The number of anilines is 3. The van der Waals surface area contributed by atoms with Crippen molar-refractivity contribution in [2.45, 2.75) is 25.4 Å². The number of halogens is 4. The van der Waals surface area contributed by atoms with Crippen LogP contribution in [0.15, 0.2) is 79.0 Å². The maximum atomic E-state index is 13.6. The Hall–Kier alpha value is -5.03. The van der Waals surface area contributed by atoms with Crippen LogP contribution in [0.2, 0.25) is 5.02 Å². The predicted octanol–water partition coefficient (Wildman–Crippen LogP) is 7.92. The molecule has 0 fully saturated rings. The second-order valence-electron chi connectivity index (χ2n) is 10.4. The number of aromatic amines is 1. The van der Waals surface area contributed by atoms with Gasteiger partial charge in [0.25, 0.3) is 11.8 Å². The first-order valence-corrected chi connectivity index (χ1v) is 14.1. The highest BCUT2D eigenvalue weighted by Crippen LogP contribution is 2.33. The van der Waals surface area contributed by atoms with Crippen molar-refractivity contribution in [1.82, 2.24) is 14.5 Å². The highest BCUT2D eigenvalue weighted by Gasteiger charge is 2.35. The van der Waals surface area contributed by atoms with Gasteiger partial charge in [-0.2, -0.15) is 13.2 Å². The van der Waals surface area contributed by atoms with E-state index in [-0.39, 0.29) is 17.2 Å². The summed E-state index contributed by atoms with van der Waals surface area (Å²) >= 11 is 6.23. The number of amides is 2. The van der Waals surface area contributed by atoms with Crippen molar-refractivity contribution < 1.29 is 22.8 Å². The van der Waals surface area contributed by atoms with Crippen molar-refractivity contribution in [3.8, 4) is 0 Å². The summed E-state index contributed by atoms with van der Waals surface area (Å²) in [6.45, 7) is 2.33. The van der Waals surface area contributed by atoms with Gasteiger partial charge >= 0.3 is 6.18 Å². The third-order valence-corrected chi connectivity index (χ3v) is 7.91. The van der Waals surface area contributed by atoms with E-state index in [0.717, 1.165) is 18.6 Å². The van der Waals surface area contributed by atoms with Crippen LogP contribution in [-0.4, -0.2) is 32.9 Å². The van der Waals surface area contributed by atoms with Gasteiger partial charge in [0.1, 0.15) is 5.52 Å².